The fourth-order valence-electron chi connectivity index (χ4n) is 1.72. The van der Waals surface area contributed by atoms with Crippen molar-refractivity contribution in [2.45, 2.75) is 26.8 Å². The molecule has 0 aliphatic carbocycles. The van der Waals surface area contributed by atoms with Gasteiger partial charge in [0.15, 0.2) is 0 Å². The SMILES string of the molecule is Cc1ccc(F)c(C(=O)NC(C)c2ncc(C)o2)c1. The Labute approximate surface area is 110 Å². The van der Waals surface area contributed by atoms with Crippen LogP contribution in [0.2, 0.25) is 0 Å². The molecule has 0 radical (unpaired) electrons. The van der Waals surface area contributed by atoms with E-state index in [2.05, 4.69) is 10.3 Å². The van der Waals surface area contributed by atoms with Gasteiger partial charge >= 0.3 is 0 Å². The van der Waals surface area contributed by atoms with Gasteiger partial charge in [-0.05, 0) is 32.9 Å². The molecule has 0 aliphatic rings. The van der Waals surface area contributed by atoms with Gasteiger partial charge in [0.2, 0.25) is 5.89 Å². The summed E-state index contributed by atoms with van der Waals surface area (Å²) in [7, 11) is 0. The Morgan fingerprint density at radius 3 is 2.79 bits per heavy atom. The molecule has 4 nitrogen and oxygen atoms in total. The second-order valence-corrected chi connectivity index (χ2v) is 4.49. The van der Waals surface area contributed by atoms with E-state index in [9.17, 15) is 9.18 Å². The molecule has 0 fully saturated rings. The molecule has 0 saturated carbocycles. The number of aromatic nitrogens is 1. The molecule has 5 heteroatoms. The van der Waals surface area contributed by atoms with Crippen LogP contribution in [0.1, 0.15) is 40.5 Å². The summed E-state index contributed by atoms with van der Waals surface area (Å²) in [5.41, 5.74) is 0.848. The second kappa shape index (κ2) is 5.22. The van der Waals surface area contributed by atoms with Crippen molar-refractivity contribution in [2.75, 3.05) is 0 Å². The third-order valence-electron chi connectivity index (χ3n) is 2.72. The van der Waals surface area contributed by atoms with Gasteiger partial charge in [-0.2, -0.15) is 0 Å². The maximum Gasteiger partial charge on any atom is 0.254 e. The van der Waals surface area contributed by atoms with Crippen LogP contribution in [0.15, 0.2) is 28.8 Å². The number of carbonyl (C=O) groups excluding carboxylic acids is 1. The first-order chi connectivity index (χ1) is 8.97. The van der Waals surface area contributed by atoms with Gasteiger partial charge in [-0.15, -0.1) is 0 Å². The van der Waals surface area contributed by atoms with Crippen molar-refractivity contribution in [1.82, 2.24) is 10.3 Å². The predicted molar refractivity (Wildman–Crippen MR) is 68.3 cm³/mol. The first-order valence-electron chi connectivity index (χ1n) is 5.96. The summed E-state index contributed by atoms with van der Waals surface area (Å²) < 4.78 is 18.9. The molecule has 19 heavy (non-hydrogen) atoms. The van der Waals surface area contributed by atoms with Crippen molar-refractivity contribution >= 4 is 5.91 Å². The van der Waals surface area contributed by atoms with Gasteiger partial charge in [-0.25, -0.2) is 9.37 Å². The Morgan fingerprint density at radius 2 is 2.16 bits per heavy atom. The fourth-order valence-corrected chi connectivity index (χ4v) is 1.72. The van der Waals surface area contributed by atoms with Crippen LogP contribution in [-0.4, -0.2) is 10.9 Å². The lowest BCUT2D eigenvalue weighted by atomic mass is 10.1. The van der Waals surface area contributed by atoms with Crippen LogP contribution in [0.4, 0.5) is 4.39 Å². The number of hydrogen-bond donors (Lipinski definition) is 1. The Morgan fingerprint density at radius 1 is 1.42 bits per heavy atom. The Bertz CT molecular complexity index is 607. The minimum atomic E-state index is -0.543. The normalized spacial score (nSPS) is 12.2. The molecule has 0 spiro atoms. The maximum absolute atomic E-state index is 13.6. The summed E-state index contributed by atoms with van der Waals surface area (Å²) in [5, 5.41) is 2.66. The van der Waals surface area contributed by atoms with Gasteiger partial charge in [-0.1, -0.05) is 11.6 Å². The van der Waals surface area contributed by atoms with Crippen molar-refractivity contribution < 1.29 is 13.6 Å². The average Bonchev–Trinajstić information content (AvgIpc) is 2.79. The van der Waals surface area contributed by atoms with Crippen LogP contribution in [0, 0.1) is 19.7 Å². The quantitative estimate of drug-likeness (QED) is 0.925. The molecule has 0 bridgehead atoms. The van der Waals surface area contributed by atoms with E-state index in [1.807, 2.05) is 0 Å². The maximum atomic E-state index is 13.6. The van der Waals surface area contributed by atoms with Crippen LogP contribution >= 0.6 is 0 Å². The Balaban J connectivity index is 2.15. The minimum Gasteiger partial charge on any atom is -0.444 e. The van der Waals surface area contributed by atoms with E-state index < -0.39 is 17.8 Å². The van der Waals surface area contributed by atoms with Gasteiger partial charge in [0, 0.05) is 0 Å². The Kier molecular flexibility index (Phi) is 3.64. The van der Waals surface area contributed by atoms with Gasteiger partial charge < -0.3 is 9.73 Å². The van der Waals surface area contributed by atoms with Crippen LogP contribution in [-0.2, 0) is 0 Å². The molecule has 100 valence electrons. The van der Waals surface area contributed by atoms with Gasteiger partial charge in [0.1, 0.15) is 17.6 Å². The average molecular weight is 262 g/mol. The van der Waals surface area contributed by atoms with Crippen LogP contribution < -0.4 is 5.32 Å². The number of oxazole rings is 1. The number of hydrogen-bond acceptors (Lipinski definition) is 3. The zero-order chi connectivity index (χ0) is 14.0. The van der Waals surface area contributed by atoms with Gasteiger partial charge in [-0.3, -0.25) is 4.79 Å². The van der Waals surface area contributed by atoms with Crippen LogP contribution in [0.3, 0.4) is 0 Å². The molecular weight excluding hydrogens is 247 g/mol. The third kappa shape index (κ3) is 2.99. The summed E-state index contributed by atoms with van der Waals surface area (Å²) in [6.07, 6.45) is 1.57. The van der Waals surface area contributed by atoms with Crippen molar-refractivity contribution in [1.29, 1.82) is 0 Å². The highest BCUT2D eigenvalue weighted by atomic mass is 19.1. The van der Waals surface area contributed by atoms with Crippen LogP contribution in [0.25, 0.3) is 0 Å². The zero-order valence-corrected chi connectivity index (χ0v) is 11.0. The van der Waals surface area contributed by atoms with Crippen molar-refractivity contribution in [3.05, 3.63) is 53.0 Å². The molecule has 2 aromatic rings. The fraction of sp³-hybridized carbons (Fsp3) is 0.286. The smallest absolute Gasteiger partial charge is 0.254 e. The first-order valence-corrected chi connectivity index (χ1v) is 5.96. The molecule has 0 saturated heterocycles. The number of amides is 1. The summed E-state index contributed by atoms with van der Waals surface area (Å²) in [4.78, 5) is 16.0. The molecule has 1 atom stereocenters. The Hall–Kier alpha value is -2.17. The molecule has 2 rings (SSSR count). The topological polar surface area (TPSA) is 55.1 Å². The summed E-state index contributed by atoms with van der Waals surface area (Å²) >= 11 is 0. The highest BCUT2D eigenvalue weighted by Crippen LogP contribution is 2.15. The van der Waals surface area contributed by atoms with Crippen molar-refractivity contribution in [3.8, 4) is 0 Å². The lowest BCUT2D eigenvalue weighted by molar-refractivity contribution is 0.0929. The number of nitrogens with zero attached hydrogens (tertiary/aromatic N) is 1. The summed E-state index contributed by atoms with van der Waals surface area (Å²) in [5.74, 6) is 0.0418. The third-order valence-corrected chi connectivity index (χ3v) is 2.72. The highest BCUT2D eigenvalue weighted by Gasteiger charge is 2.18. The second-order valence-electron chi connectivity index (χ2n) is 4.49. The lowest BCUT2D eigenvalue weighted by Crippen LogP contribution is -2.27. The number of rotatable bonds is 3. The monoisotopic (exact) mass is 262 g/mol. The van der Waals surface area contributed by atoms with Gasteiger partial charge in [0.05, 0.1) is 11.8 Å². The number of nitrogens with one attached hydrogen (secondary N) is 1. The first kappa shape index (κ1) is 13.3. The molecule has 1 amide bonds. The van der Waals surface area contributed by atoms with E-state index in [4.69, 9.17) is 4.42 Å². The molecule has 1 aromatic heterocycles. The number of aryl methyl sites for hydroxylation is 2. The standard InChI is InChI=1S/C14H15FN2O2/c1-8-4-5-12(15)11(6-8)13(18)17-10(3)14-16-7-9(2)19-14/h4-7,10H,1-3H3,(H,17,18). The van der Waals surface area contributed by atoms with E-state index in [1.54, 1.807) is 33.0 Å². The molecule has 0 aliphatic heterocycles. The summed E-state index contributed by atoms with van der Waals surface area (Å²) in [6.45, 7) is 5.30. The number of carbonyl (C=O) groups is 1. The van der Waals surface area contributed by atoms with E-state index >= 15 is 0 Å². The minimum absolute atomic E-state index is 0.0233. The highest BCUT2D eigenvalue weighted by molar-refractivity contribution is 5.94. The van der Waals surface area contributed by atoms with E-state index in [0.717, 1.165) is 5.56 Å². The largest absolute Gasteiger partial charge is 0.444 e. The lowest BCUT2D eigenvalue weighted by Gasteiger charge is -2.11. The zero-order valence-electron chi connectivity index (χ0n) is 11.0. The molecular formula is C14H15FN2O2. The number of benzene rings is 1. The summed E-state index contributed by atoms with van der Waals surface area (Å²) in [6, 6.07) is 4.00. The molecule has 1 N–H and O–H groups in total. The molecule has 1 aromatic carbocycles. The van der Waals surface area contributed by atoms with Crippen LogP contribution in [0.5, 0.6) is 0 Å². The molecule has 1 unspecified atom stereocenters. The molecule has 1 heterocycles. The van der Waals surface area contributed by atoms with E-state index in [1.165, 1.54) is 12.1 Å². The van der Waals surface area contributed by atoms with Crippen molar-refractivity contribution in [3.63, 3.8) is 0 Å². The van der Waals surface area contributed by atoms with Crippen molar-refractivity contribution in [2.24, 2.45) is 0 Å². The van der Waals surface area contributed by atoms with E-state index in [0.29, 0.717) is 11.7 Å². The van der Waals surface area contributed by atoms with E-state index in [-0.39, 0.29) is 5.56 Å². The predicted octanol–water partition coefficient (Wildman–Crippen LogP) is 2.92. The number of halogens is 1. The van der Waals surface area contributed by atoms with Gasteiger partial charge in [0.25, 0.3) is 5.91 Å².